The first kappa shape index (κ1) is 21.6. The Hall–Kier alpha value is -4.63. The molecule has 0 fully saturated rings. The molecule has 4 aromatic rings. The van der Waals surface area contributed by atoms with Crippen molar-refractivity contribution in [2.75, 3.05) is 7.11 Å². The Morgan fingerprint density at radius 3 is 2.58 bits per heavy atom. The Bertz CT molecular complexity index is 1400. The maximum atomic E-state index is 11.1. The maximum absolute atomic E-state index is 11.1. The zero-order chi connectivity index (χ0) is 23.2. The average molecular weight is 436 g/mol. The molecule has 162 valence electrons. The second kappa shape index (κ2) is 9.67. The smallest absolute Gasteiger partial charge is 0.270 e. The van der Waals surface area contributed by atoms with Gasteiger partial charge in [0, 0.05) is 12.1 Å². The molecule has 6 heteroatoms. The zero-order valence-electron chi connectivity index (χ0n) is 17.9. The largest absolute Gasteiger partial charge is 0.493 e. The number of nitrogens with zero attached hydrogens (tertiary/aromatic N) is 2. The summed E-state index contributed by atoms with van der Waals surface area (Å²) in [6, 6.07) is 27.7. The van der Waals surface area contributed by atoms with E-state index in [1.165, 1.54) is 12.1 Å². The fraction of sp³-hybridized carbons (Fsp3) is 0.0741. The Morgan fingerprint density at radius 2 is 1.79 bits per heavy atom. The zero-order valence-corrected chi connectivity index (χ0v) is 17.9. The molecule has 0 saturated carbocycles. The van der Waals surface area contributed by atoms with E-state index >= 15 is 0 Å². The van der Waals surface area contributed by atoms with Crippen molar-refractivity contribution in [1.29, 1.82) is 5.26 Å². The minimum absolute atomic E-state index is 0.0663. The van der Waals surface area contributed by atoms with Gasteiger partial charge in [-0.25, -0.2) is 0 Å². The number of benzene rings is 4. The standard InChI is InChI=1S/C27H20N2O4/c1-32-27-15-19(14-23(17-28)21-8-5-10-24(16-21)29(30)31)12-13-26(27)33-18-22-9-4-7-20-6-2-3-11-25(20)22/h2-16H,18H2,1H3/b23-14-. The molecule has 0 N–H and O–H groups in total. The van der Waals surface area contributed by atoms with Crippen molar-refractivity contribution in [3.05, 3.63) is 112 Å². The fourth-order valence-corrected chi connectivity index (χ4v) is 3.60. The van der Waals surface area contributed by atoms with E-state index in [0.29, 0.717) is 34.8 Å². The molecule has 0 heterocycles. The van der Waals surface area contributed by atoms with Crippen molar-refractivity contribution in [1.82, 2.24) is 0 Å². The summed E-state index contributed by atoms with van der Waals surface area (Å²) in [4.78, 5) is 10.6. The van der Waals surface area contributed by atoms with E-state index < -0.39 is 4.92 Å². The molecule has 0 aliphatic carbocycles. The molecule has 0 amide bonds. The molecule has 0 saturated heterocycles. The lowest BCUT2D eigenvalue weighted by atomic mass is 10.0. The van der Waals surface area contributed by atoms with Crippen LogP contribution in [0.1, 0.15) is 16.7 Å². The van der Waals surface area contributed by atoms with Gasteiger partial charge in [0.15, 0.2) is 11.5 Å². The van der Waals surface area contributed by atoms with Crippen LogP contribution in [-0.4, -0.2) is 12.0 Å². The lowest BCUT2D eigenvalue weighted by Gasteiger charge is -2.13. The van der Waals surface area contributed by atoms with Gasteiger partial charge >= 0.3 is 0 Å². The molecule has 0 radical (unpaired) electrons. The van der Waals surface area contributed by atoms with Crippen molar-refractivity contribution in [2.24, 2.45) is 0 Å². The van der Waals surface area contributed by atoms with Crippen LogP contribution in [0.5, 0.6) is 11.5 Å². The summed E-state index contributed by atoms with van der Waals surface area (Å²) < 4.78 is 11.6. The Labute approximate surface area is 191 Å². The van der Waals surface area contributed by atoms with Crippen LogP contribution in [0.3, 0.4) is 0 Å². The number of allylic oxidation sites excluding steroid dienone is 1. The van der Waals surface area contributed by atoms with Gasteiger partial charge in [-0.1, -0.05) is 60.7 Å². The second-order valence-corrected chi connectivity index (χ2v) is 7.31. The predicted molar refractivity (Wildman–Crippen MR) is 128 cm³/mol. The van der Waals surface area contributed by atoms with Crippen LogP contribution in [0.15, 0.2) is 84.9 Å². The van der Waals surface area contributed by atoms with Crippen LogP contribution in [0.2, 0.25) is 0 Å². The van der Waals surface area contributed by atoms with E-state index in [0.717, 1.165) is 16.3 Å². The number of nitro benzene ring substituents is 1. The quantitative estimate of drug-likeness (QED) is 0.145. The summed E-state index contributed by atoms with van der Waals surface area (Å²) in [5, 5.41) is 22.9. The predicted octanol–water partition coefficient (Wildman–Crippen LogP) is 6.40. The summed E-state index contributed by atoms with van der Waals surface area (Å²) in [6.45, 7) is 0.379. The lowest BCUT2D eigenvalue weighted by molar-refractivity contribution is -0.384. The number of nitro groups is 1. The molecule has 0 bridgehead atoms. The van der Waals surface area contributed by atoms with Gasteiger partial charge in [0.1, 0.15) is 6.61 Å². The van der Waals surface area contributed by atoms with Crippen LogP contribution in [-0.2, 0) is 6.61 Å². The van der Waals surface area contributed by atoms with E-state index in [2.05, 4.69) is 24.3 Å². The molecular formula is C27H20N2O4. The summed E-state index contributed by atoms with van der Waals surface area (Å²) in [7, 11) is 1.55. The van der Waals surface area contributed by atoms with Gasteiger partial charge in [-0.2, -0.15) is 5.26 Å². The van der Waals surface area contributed by atoms with Gasteiger partial charge in [0.25, 0.3) is 5.69 Å². The third kappa shape index (κ3) is 4.83. The number of fused-ring (bicyclic) bond motifs is 1. The Morgan fingerprint density at radius 1 is 1.00 bits per heavy atom. The second-order valence-electron chi connectivity index (χ2n) is 7.31. The summed E-state index contributed by atoms with van der Waals surface area (Å²) in [6.07, 6.45) is 1.66. The first-order valence-corrected chi connectivity index (χ1v) is 10.2. The van der Waals surface area contributed by atoms with Gasteiger partial charge in [0.05, 0.1) is 23.7 Å². The number of hydrogen-bond acceptors (Lipinski definition) is 5. The first-order valence-electron chi connectivity index (χ1n) is 10.2. The number of methoxy groups -OCH3 is 1. The fourth-order valence-electron chi connectivity index (χ4n) is 3.60. The first-order chi connectivity index (χ1) is 16.1. The highest BCUT2D eigenvalue weighted by molar-refractivity contribution is 5.90. The topological polar surface area (TPSA) is 85.4 Å². The summed E-state index contributed by atoms with van der Waals surface area (Å²) >= 11 is 0. The highest BCUT2D eigenvalue weighted by Gasteiger charge is 2.11. The molecule has 4 rings (SSSR count). The third-order valence-corrected chi connectivity index (χ3v) is 5.25. The minimum atomic E-state index is -0.483. The van der Waals surface area contributed by atoms with Gasteiger partial charge in [0.2, 0.25) is 0 Å². The van der Waals surface area contributed by atoms with Crippen molar-refractivity contribution < 1.29 is 14.4 Å². The SMILES string of the molecule is COc1cc(/C=C(/C#N)c2cccc([N+](=O)[O-])c2)ccc1OCc1cccc2ccccc12. The molecule has 6 nitrogen and oxygen atoms in total. The van der Waals surface area contributed by atoms with Gasteiger partial charge in [-0.05, 0) is 45.7 Å². The number of nitriles is 1. The summed E-state index contributed by atoms with van der Waals surface area (Å²) in [5.74, 6) is 1.11. The van der Waals surface area contributed by atoms with E-state index in [1.807, 2.05) is 30.3 Å². The van der Waals surface area contributed by atoms with Gasteiger partial charge in [-0.15, -0.1) is 0 Å². The Kier molecular flexibility index (Phi) is 6.33. The van der Waals surface area contributed by atoms with E-state index in [1.54, 1.807) is 37.5 Å². The Balaban J connectivity index is 1.59. The van der Waals surface area contributed by atoms with Crippen molar-refractivity contribution in [2.45, 2.75) is 6.61 Å². The summed E-state index contributed by atoms with van der Waals surface area (Å²) in [5.41, 5.74) is 2.50. The average Bonchev–Trinajstić information content (AvgIpc) is 2.86. The lowest BCUT2D eigenvalue weighted by Crippen LogP contribution is -1.99. The molecule has 4 aromatic carbocycles. The molecule has 33 heavy (non-hydrogen) atoms. The van der Waals surface area contributed by atoms with Crippen LogP contribution in [0.25, 0.3) is 22.4 Å². The molecular weight excluding hydrogens is 416 g/mol. The number of ether oxygens (including phenoxy) is 2. The van der Waals surface area contributed by atoms with E-state index in [-0.39, 0.29) is 5.69 Å². The maximum Gasteiger partial charge on any atom is 0.270 e. The van der Waals surface area contributed by atoms with Crippen molar-refractivity contribution in [3.8, 4) is 17.6 Å². The minimum Gasteiger partial charge on any atom is -0.493 e. The van der Waals surface area contributed by atoms with Crippen LogP contribution in [0, 0.1) is 21.4 Å². The van der Waals surface area contributed by atoms with Crippen molar-refractivity contribution >= 4 is 28.1 Å². The third-order valence-electron chi connectivity index (χ3n) is 5.25. The molecule has 0 unspecified atom stereocenters. The van der Waals surface area contributed by atoms with Gasteiger partial charge < -0.3 is 9.47 Å². The molecule has 0 atom stereocenters. The molecule has 0 spiro atoms. The van der Waals surface area contributed by atoms with Crippen LogP contribution >= 0.6 is 0 Å². The highest BCUT2D eigenvalue weighted by Crippen LogP contribution is 2.31. The van der Waals surface area contributed by atoms with E-state index in [4.69, 9.17) is 9.47 Å². The molecule has 0 aliphatic rings. The van der Waals surface area contributed by atoms with Crippen molar-refractivity contribution in [3.63, 3.8) is 0 Å². The van der Waals surface area contributed by atoms with Gasteiger partial charge in [-0.3, -0.25) is 10.1 Å². The van der Waals surface area contributed by atoms with E-state index in [9.17, 15) is 15.4 Å². The monoisotopic (exact) mass is 436 g/mol. The number of non-ortho nitro benzene ring substituents is 1. The number of rotatable bonds is 7. The highest BCUT2D eigenvalue weighted by atomic mass is 16.6. The van der Waals surface area contributed by atoms with Crippen LogP contribution in [0.4, 0.5) is 5.69 Å². The molecule has 0 aliphatic heterocycles. The van der Waals surface area contributed by atoms with Crippen LogP contribution < -0.4 is 9.47 Å². The normalized spacial score (nSPS) is 11.1. The number of hydrogen-bond donors (Lipinski definition) is 0. The molecule has 0 aromatic heterocycles.